The van der Waals surface area contributed by atoms with E-state index >= 15 is 0 Å². The Morgan fingerprint density at radius 3 is 2.43 bits per heavy atom. The molecule has 0 N–H and O–H groups in total. The van der Waals surface area contributed by atoms with E-state index in [2.05, 4.69) is 4.90 Å². The quantitative estimate of drug-likeness (QED) is 0.708. The smallest absolute Gasteiger partial charge is 0.261 e. The number of anilines is 1. The summed E-state index contributed by atoms with van der Waals surface area (Å²) in [6.45, 7) is 3.79. The number of benzene rings is 1. The van der Waals surface area contributed by atoms with Gasteiger partial charge in [0, 0.05) is 18.3 Å². The SMILES string of the molecule is Cl.O=C(c1ccoc1)N(c1ccccc1)C1CC2(CCN(CC3CC3)CC2)C1. The Bertz CT molecular complexity index is 772. The molecule has 0 unspecified atom stereocenters. The lowest BCUT2D eigenvalue weighted by Crippen LogP contribution is -2.56. The van der Waals surface area contributed by atoms with Gasteiger partial charge < -0.3 is 14.2 Å². The van der Waals surface area contributed by atoms with Gasteiger partial charge in [0.05, 0.1) is 11.8 Å². The second-order valence-electron chi connectivity index (χ2n) is 8.83. The number of para-hydroxylation sites is 1. The molecule has 2 aliphatic carbocycles. The van der Waals surface area contributed by atoms with Crippen LogP contribution in [0.3, 0.4) is 0 Å². The van der Waals surface area contributed by atoms with Crippen LogP contribution in [-0.2, 0) is 0 Å². The fraction of sp³-hybridized carbons (Fsp3) is 0.522. The number of likely N-dealkylation sites (tertiary alicyclic amines) is 1. The summed E-state index contributed by atoms with van der Waals surface area (Å²) < 4.78 is 5.16. The summed E-state index contributed by atoms with van der Waals surface area (Å²) in [7, 11) is 0. The summed E-state index contributed by atoms with van der Waals surface area (Å²) in [5.74, 6) is 1.04. The summed E-state index contributed by atoms with van der Waals surface area (Å²) >= 11 is 0. The zero-order valence-corrected chi connectivity index (χ0v) is 17.1. The zero-order valence-electron chi connectivity index (χ0n) is 16.3. The molecule has 150 valence electrons. The monoisotopic (exact) mass is 400 g/mol. The van der Waals surface area contributed by atoms with Crippen molar-refractivity contribution >= 4 is 24.0 Å². The Kier molecular flexibility index (Phi) is 5.52. The Balaban J connectivity index is 0.00000192. The maximum atomic E-state index is 13.1. The Morgan fingerprint density at radius 2 is 1.82 bits per heavy atom. The second-order valence-corrected chi connectivity index (χ2v) is 8.83. The first-order chi connectivity index (χ1) is 13.2. The van der Waals surface area contributed by atoms with Gasteiger partial charge >= 0.3 is 0 Å². The molecular formula is C23H29ClN2O2. The van der Waals surface area contributed by atoms with E-state index in [1.165, 1.54) is 45.3 Å². The number of furan rings is 1. The summed E-state index contributed by atoms with van der Waals surface area (Å²) in [5.41, 5.74) is 2.09. The van der Waals surface area contributed by atoms with Crippen LogP contribution in [0.15, 0.2) is 53.3 Å². The first-order valence-electron chi connectivity index (χ1n) is 10.4. The highest BCUT2D eigenvalue weighted by Gasteiger charge is 2.49. The van der Waals surface area contributed by atoms with Crippen LogP contribution in [0.4, 0.5) is 5.69 Å². The van der Waals surface area contributed by atoms with Gasteiger partial charge in [-0.2, -0.15) is 0 Å². The van der Waals surface area contributed by atoms with Gasteiger partial charge in [-0.3, -0.25) is 4.79 Å². The van der Waals surface area contributed by atoms with Gasteiger partial charge in [-0.25, -0.2) is 0 Å². The van der Waals surface area contributed by atoms with Crippen molar-refractivity contribution in [1.82, 2.24) is 4.90 Å². The van der Waals surface area contributed by atoms with Crippen LogP contribution in [0.25, 0.3) is 0 Å². The average Bonchev–Trinajstić information content (AvgIpc) is 3.31. The Hall–Kier alpha value is -1.78. The molecule has 1 spiro atoms. The van der Waals surface area contributed by atoms with Crippen LogP contribution >= 0.6 is 12.4 Å². The van der Waals surface area contributed by atoms with Crippen LogP contribution in [0, 0.1) is 11.3 Å². The molecule has 2 saturated carbocycles. The fourth-order valence-corrected chi connectivity index (χ4v) is 5.01. The predicted octanol–water partition coefficient (Wildman–Crippen LogP) is 5.00. The normalized spacial score (nSPS) is 21.7. The van der Waals surface area contributed by atoms with Crippen LogP contribution < -0.4 is 4.90 Å². The van der Waals surface area contributed by atoms with E-state index in [1.807, 2.05) is 35.2 Å². The van der Waals surface area contributed by atoms with Crippen molar-refractivity contribution < 1.29 is 9.21 Å². The molecule has 5 heteroatoms. The largest absolute Gasteiger partial charge is 0.472 e. The van der Waals surface area contributed by atoms with E-state index in [-0.39, 0.29) is 18.3 Å². The summed E-state index contributed by atoms with van der Waals surface area (Å²) in [4.78, 5) is 17.8. The fourth-order valence-electron chi connectivity index (χ4n) is 5.01. The number of hydrogen-bond donors (Lipinski definition) is 0. The van der Waals surface area contributed by atoms with E-state index in [0.29, 0.717) is 17.0 Å². The third-order valence-corrected chi connectivity index (χ3v) is 6.85. The lowest BCUT2D eigenvalue weighted by Gasteiger charge is -2.55. The highest BCUT2D eigenvalue weighted by Crippen LogP contribution is 2.52. The van der Waals surface area contributed by atoms with Crippen LogP contribution in [0.5, 0.6) is 0 Å². The molecule has 5 rings (SSSR count). The van der Waals surface area contributed by atoms with Gasteiger partial charge in [0.15, 0.2) is 0 Å². The predicted molar refractivity (Wildman–Crippen MR) is 113 cm³/mol. The number of halogens is 1. The van der Waals surface area contributed by atoms with Crippen LogP contribution in [-0.4, -0.2) is 36.5 Å². The number of carbonyl (C=O) groups excluding carboxylic acids is 1. The molecule has 3 fully saturated rings. The van der Waals surface area contributed by atoms with Gasteiger partial charge in [-0.05, 0) is 81.1 Å². The number of carbonyl (C=O) groups is 1. The molecule has 2 aromatic rings. The van der Waals surface area contributed by atoms with Crippen molar-refractivity contribution in [3.8, 4) is 0 Å². The molecule has 1 aromatic carbocycles. The van der Waals surface area contributed by atoms with Gasteiger partial charge in [0.25, 0.3) is 5.91 Å². The van der Waals surface area contributed by atoms with Crippen molar-refractivity contribution in [2.24, 2.45) is 11.3 Å². The molecule has 4 nitrogen and oxygen atoms in total. The minimum absolute atomic E-state index is 0. The molecule has 0 radical (unpaired) electrons. The molecule has 0 atom stereocenters. The molecule has 0 bridgehead atoms. The number of rotatable bonds is 5. The van der Waals surface area contributed by atoms with Crippen molar-refractivity contribution in [2.45, 2.75) is 44.6 Å². The number of piperidine rings is 1. The molecule has 1 saturated heterocycles. The molecule has 1 aromatic heterocycles. The lowest BCUT2D eigenvalue weighted by atomic mass is 9.60. The third kappa shape index (κ3) is 3.85. The zero-order chi connectivity index (χ0) is 18.3. The van der Waals surface area contributed by atoms with Gasteiger partial charge in [0.2, 0.25) is 0 Å². The number of hydrogen-bond acceptors (Lipinski definition) is 3. The molecule has 3 aliphatic rings. The van der Waals surface area contributed by atoms with E-state index in [9.17, 15) is 4.79 Å². The Labute approximate surface area is 173 Å². The van der Waals surface area contributed by atoms with Gasteiger partial charge in [0.1, 0.15) is 6.26 Å². The van der Waals surface area contributed by atoms with Crippen molar-refractivity contribution in [1.29, 1.82) is 0 Å². The molecule has 28 heavy (non-hydrogen) atoms. The van der Waals surface area contributed by atoms with Crippen molar-refractivity contribution in [3.05, 3.63) is 54.5 Å². The third-order valence-electron chi connectivity index (χ3n) is 6.85. The van der Waals surface area contributed by atoms with E-state index in [1.54, 1.807) is 18.6 Å². The first kappa shape index (κ1) is 19.5. The molecule has 1 amide bonds. The maximum Gasteiger partial charge on any atom is 0.261 e. The van der Waals surface area contributed by atoms with Crippen molar-refractivity contribution in [3.63, 3.8) is 0 Å². The van der Waals surface area contributed by atoms with Crippen LogP contribution in [0.1, 0.15) is 48.9 Å². The minimum Gasteiger partial charge on any atom is -0.472 e. The van der Waals surface area contributed by atoms with E-state index in [0.717, 1.165) is 24.4 Å². The van der Waals surface area contributed by atoms with Crippen molar-refractivity contribution in [2.75, 3.05) is 24.5 Å². The van der Waals surface area contributed by atoms with E-state index in [4.69, 9.17) is 4.42 Å². The molecule has 1 aliphatic heterocycles. The lowest BCUT2D eigenvalue weighted by molar-refractivity contribution is 0.0140. The highest BCUT2D eigenvalue weighted by atomic mass is 35.5. The van der Waals surface area contributed by atoms with Gasteiger partial charge in [-0.1, -0.05) is 18.2 Å². The van der Waals surface area contributed by atoms with E-state index < -0.39 is 0 Å². The van der Waals surface area contributed by atoms with Crippen LogP contribution in [0.2, 0.25) is 0 Å². The average molecular weight is 401 g/mol. The maximum absolute atomic E-state index is 13.1. The highest BCUT2D eigenvalue weighted by molar-refractivity contribution is 6.06. The Morgan fingerprint density at radius 1 is 1.11 bits per heavy atom. The summed E-state index contributed by atoms with van der Waals surface area (Å²) in [6, 6.07) is 12.2. The second kappa shape index (κ2) is 7.92. The number of nitrogens with zero attached hydrogens (tertiary/aromatic N) is 2. The van der Waals surface area contributed by atoms with Gasteiger partial charge in [-0.15, -0.1) is 12.4 Å². The standard InChI is InChI=1S/C23H28N2O2.ClH/c26-22(19-8-13-27-17-19)25(20-4-2-1-3-5-20)21-14-23(15-21)9-11-24(12-10-23)16-18-6-7-18;/h1-5,8,13,17-18,21H,6-7,9-12,14-16H2;1H. The topological polar surface area (TPSA) is 36.7 Å². The first-order valence-corrected chi connectivity index (χ1v) is 10.4. The summed E-state index contributed by atoms with van der Waals surface area (Å²) in [5, 5.41) is 0. The number of amides is 1. The molecular weight excluding hydrogens is 372 g/mol. The molecule has 2 heterocycles. The summed E-state index contributed by atoms with van der Waals surface area (Å²) in [6.07, 6.45) is 10.8. The minimum atomic E-state index is 0.